The van der Waals surface area contributed by atoms with E-state index in [1.807, 2.05) is 0 Å². The van der Waals surface area contributed by atoms with Crippen LogP contribution in [0, 0.1) is 5.82 Å². The fourth-order valence-electron chi connectivity index (χ4n) is 4.39. The fraction of sp³-hybridized carbons (Fsp3) is 0.259. The summed E-state index contributed by atoms with van der Waals surface area (Å²) in [5, 5.41) is 10.9. The Morgan fingerprint density at radius 3 is 2.21 bits per heavy atom. The van der Waals surface area contributed by atoms with Crippen molar-refractivity contribution in [2.75, 3.05) is 34.7 Å². The van der Waals surface area contributed by atoms with Crippen molar-refractivity contribution in [3.63, 3.8) is 0 Å². The van der Waals surface area contributed by atoms with Gasteiger partial charge in [-0.25, -0.2) is 4.39 Å². The highest BCUT2D eigenvalue weighted by molar-refractivity contribution is 6.30. The normalized spacial score (nSPS) is 12.8. The van der Waals surface area contributed by atoms with Gasteiger partial charge in [-0.05, 0) is 48.4 Å². The summed E-state index contributed by atoms with van der Waals surface area (Å²) in [5.74, 6) is -2.77. The van der Waals surface area contributed by atoms with Crippen LogP contribution in [0.25, 0.3) is 5.69 Å². The number of amides is 3. The molecule has 0 fully saturated rings. The van der Waals surface area contributed by atoms with Crippen molar-refractivity contribution in [3.05, 3.63) is 91.6 Å². The number of benzene rings is 2. The number of aromatic nitrogens is 1. The van der Waals surface area contributed by atoms with Crippen LogP contribution in [-0.2, 0) is 13.0 Å². The molecule has 0 bridgehead atoms. The SMILES string of the molecule is CN(C)C(=O)c1ccc(-n2c(C(=O)N(C)C)c3c(c(O)c2=O)C(=O)N(Cc2ccc(F)c(Cl)c2)CC3)cc1. The van der Waals surface area contributed by atoms with E-state index in [0.717, 1.165) is 4.57 Å². The van der Waals surface area contributed by atoms with Gasteiger partial charge in [0.2, 0.25) is 0 Å². The van der Waals surface area contributed by atoms with Crippen LogP contribution in [0.3, 0.4) is 0 Å². The molecule has 1 N–H and O–H groups in total. The number of carbonyl (C=O) groups excluding carboxylic acids is 3. The smallest absolute Gasteiger partial charge is 0.298 e. The average Bonchev–Trinajstić information content (AvgIpc) is 2.88. The Bertz CT molecular complexity index is 1520. The largest absolute Gasteiger partial charge is 0.502 e. The molecule has 0 aliphatic carbocycles. The van der Waals surface area contributed by atoms with Gasteiger partial charge >= 0.3 is 0 Å². The molecule has 3 amide bonds. The lowest BCUT2D eigenvalue weighted by molar-refractivity contribution is 0.0719. The van der Waals surface area contributed by atoms with Crippen LogP contribution in [0.4, 0.5) is 4.39 Å². The van der Waals surface area contributed by atoms with Crippen molar-refractivity contribution in [1.82, 2.24) is 19.3 Å². The highest BCUT2D eigenvalue weighted by atomic mass is 35.5. The molecule has 11 heteroatoms. The molecule has 0 saturated heterocycles. The minimum atomic E-state index is -0.944. The van der Waals surface area contributed by atoms with E-state index in [0.29, 0.717) is 11.1 Å². The number of nitrogens with zero attached hydrogens (tertiary/aromatic N) is 4. The van der Waals surface area contributed by atoms with Gasteiger partial charge in [-0.15, -0.1) is 0 Å². The minimum absolute atomic E-state index is 0.0442. The molecule has 1 aliphatic rings. The molecule has 4 rings (SSSR count). The van der Waals surface area contributed by atoms with E-state index < -0.39 is 28.9 Å². The standard InChI is InChI=1S/C27H26ClFN4O5/c1-30(2)24(35)16-6-8-17(9-7-16)33-22(26(37)31(3)4)18-11-12-32(25(36)21(18)23(34)27(33)38)14-15-5-10-20(29)19(28)13-15/h5-10,13,34H,11-12,14H2,1-4H3. The van der Waals surface area contributed by atoms with Crippen molar-refractivity contribution in [1.29, 1.82) is 0 Å². The monoisotopic (exact) mass is 540 g/mol. The molecule has 2 heterocycles. The molecule has 1 aliphatic heterocycles. The van der Waals surface area contributed by atoms with Crippen LogP contribution in [-0.4, -0.2) is 76.8 Å². The maximum atomic E-state index is 13.6. The molecule has 0 saturated carbocycles. The fourth-order valence-corrected chi connectivity index (χ4v) is 4.60. The van der Waals surface area contributed by atoms with Crippen LogP contribution in [0.5, 0.6) is 5.75 Å². The predicted molar refractivity (Wildman–Crippen MR) is 140 cm³/mol. The zero-order valence-electron chi connectivity index (χ0n) is 21.3. The molecule has 0 spiro atoms. The number of aromatic hydroxyl groups is 1. The second-order valence-corrected chi connectivity index (χ2v) is 9.77. The first-order valence-corrected chi connectivity index (χ1v) is 12.1. The topological polar surface area (TPSA) is 103 Å². The summed E-state index contributed by atoms with van der Waals surface area (Å²) in [6, 6.07) is 10.1. The molecular formula is C27H26ClFN4O5. The van der Waals surface area contributed by atoms with Gasteiger partial charge in [0.05, 0.1) is 10.6 Å². The van der Waals surface area contributed by atoms with Crippen molar-refractivity contribution >= 4 is 29.3 Å². The first-order valence-electron chi connectivity index (χ1n) is 11.7. The van der Waals surface area contributed by atoms with E-state index in [1.54, 1.807) is 14.1 Å². The predicted octanol–water partition coefficient (Wildman–Crippen LogP) is 2.94. The maximum Gasteiger partial charge on any atom is 0.298 e. The number of carbonyl (C=O) groups is 3. The third kappa shape index (κ3) is 4.74. The van der Waals surface area contributed by atoms with Gasteiger partial charge in [0.15, 0.2) is 5.75 Å². The molecular weight excluding hydrogens is 515 g/mol. The Kier molecular flexibility index (Phi) is 7.28. The van der Waals surface area contributed by atoms with Gasteiger partial charge in [-0.2, -0.15) is 0 Å². The summed E-state index contributed by atoms with van der Waals surface area (Å²) in [6.45, 7) is 0.252. The van der Waals surface area contributed by atoms with E-state index >= 15 is 0 Å². The highest BCUT2D eigenvalue weighted by Crippen LogP contribution is 2.31. The van der Waals surface area contributed by atoms with Crippen LogP contribution in [0.15, 0.2) is 47.3 Å². The first-order chi connectivity index (χ1) is 17.9. The van der Waals surface area contributed by atoms with Gasteiger partial charge in [0, 0.05) is 58.1 Å². The van der Waals surface area contributed by atoms with Gasteiger partial charge in [0.1, 0.15) is 11.5 Å². The number of rotatable bonds is 5. The number of fused-ring (bicyclic) bond motifs is 1. The Balaban J connectivity index is 1.84. The van der Waals surface area contributed by atoms with Gasteiger partial charge in [0.25, 0.3) is 23.3 Å². The maximum absolute atomic E-state index is 13.6. The van der Waals surface area contributed by atoms with E-state index in [1.165, 1.54) is 71.3 Å². The highest BCUT2D eigenvalue weighted by Gasteiger charge is 2.35. The van der Waals surface area contributed by atoms with Crippen molar-refractivity contribution in [2.45, 2.75) is 13.0 Å². The molecule has 38 heavy (non-hydrogen) atoms. The zero-order valence-corrected chi connectivity index (χ0v) is 22.0. The molecule has 3 aromatic rings. The first kappa shape index (κ1) is 26.9. The third-order valence-corrected chi connectivity index (χ3v) is 6.62. The third-order valence-electron chi connectivity index (χ3n) is 6.33. The quantitative estimate of drug-likeness (QED) is 0.536. The lowest BCUT2D eigenvalue weighted by Gasteiger charge is -2.31. The van der Waals surface area contributed by atoms with E-state index in [-0.39, 0.29) is 52.9 Å². The molecule has 0 radical (unpaired) electrons. The van der Waals surface area contributed by atoms with E-state index in [9.17, 15) is 28.7 Å². The Hall–Kier alpha value is -4.18. The Morgan fingerprint density at radius 2 is 1.63 bits per heavy atom. The van der Waals surface area contributed by atoms with Gasteiger partial charge in [-0.3, -0.25) is 23.7 Å². The number of hydrogen-bond acceptors (Lipinski definition) is 5. The Labute approximate surface area is 223 Å². The Morgan fingerprint density at radius 1 is 1.00 bits per heavy atom. The number of halogens is 2. The molecule has 198 valence electrons. The summed E-state index contributed by atoms with van der Waals surface area (Å²) in [7, 11) is 6.26. The lowest BCUT2D eigenvalue weighted by Crippen LogP contribution is -2.42. The van der Waals surface area contributed by atoms with Crippen LogP contribution in [0.2, 0.25) is 5.02 Å². The molecule has 2 aromatic carbocycles. The second kappa shape index (κ2) is 10.3. The number of hydrogen-bond donors (Lipinski definition) is 1. The molecule has 0 unspecified atom stereocenters. The summed E-state index contributed by atoms with van der Waals surface area (Å²) in [4.78, 5) is 56.6. The van der Waals surface area contributed by atoms with Gasteiger partial charge in [-0.1, -0.05) is 17.7 Å². The van der Waals surface area contributed by atoms with E-state index in [2.05, 4.69) is 0 Å². The van der Waals surface area contributed by atoms with Crippen molar-refractivity contribution in [3.8, 4) is 11.4 Å². The van der Waals surface area contributed by atoms with Crippen molar-refractivity contribution < 1.29 is 23.9 Å². The number of pyridine rings is 1. The molecule has 1 aromatic heterocycles. The minimum Gasteiger partial charge on any atom is -0.502 e. The summed E-state index contributed by atoms with van der Waals surface area (Å²) < 4.78 is 14.6. The van der Waals surface area contributed by atoms with E-state index in [4.69, 9.17) is 11.6 Å². The molecule has 0 atom stereocenters. The van der Waals surface area contributed by atoms with Crippen molar-refractivity contribution in [2.24, 2.45) is 0 Å². The zero-order chi connectivity index (χ0) is 27.9. The van der Waals surface area contributed by atoms with Crippen LogP contribution < -0.4 is 5.56 Å². The summed E-state index contributed by atoms with van der Waals surface area (Å²) in [5.41, 5.74) is 0.213. The van der Waals surface area contributed by atoms with Crippen LogP contribution >= 0.6 is 11.6 Å². The summed E-state index contributed by atoms with van der Waals surface area (Å²) in [6.07, 6.45) is 0.177. The second-order valence-electron chi connectivity index (χ2n) is 9.36. The average molecular weight is 541 g/mol. The van der Waals surface area contributed by atoms with Gasteiger partial charge < -0.3 is 19.8 Å². The molecule has 9 nitrogen and oxygen atoms in total. The van der Waals surface area contributed by atoms with Crippen LogP contribution in [0.1, 0.15) is 42.3 Å². The summed E-state index contributed by atoms with van der Waals surface area (Å²) >= 11 is 5.87. The lowest BCUT2D eigenvalue weighted by atomic mass is 9.95.